The SMILES string of the molecule is CN(C)CCCn1cnc2cc(NC(=O)Cc3cn(C)c4ccccc34)ccc21. The second kappa shape index (κ2) is 8.09. The Hall–Kier alpha value is -3.12. The Morgan fingerprint density at radius 1 is 1.14 bits per heavy atom. The van der Waals surface area contributed by atoms with Gasteiger partial charge in [-0.3, -0.25) is 4.79 Å². The van der Waals surface area contributed by atoms with Crippen molar-refractivity contribution in [3.63, 3.8) is 0 Å². The van der Waals surface area contributed by atoms with Crippen LogP contribution in [0.3, 0.4) is 0 Å². The predicted molar refractivity (Wildman–Crippen MR) is 118 cm³/mol. The van der Waals surface area contributed by atoms with Crippen LogP contribution in [-0.4, -0.2) is 45.6 Å². The van der Waals surface area contributed by atoms with Crippen LogP contribution in [-0.2, 0) is 24.8 Å². The Kier molecular flexibility index (Phi) is 5.36. The first-order valence-corrected chi connectivity index (χ1v) is 9.93. The fourth-order valence-electron chi connectivity index (χ4n) is 3.82. The number of carbonyl (C=O) groups excluding carboxylic acids is 1. The number of aryl methyl sites for hydroxylation is 2. The van der Waals surface area contributed by atoms with Gasteiger partial charge in [0.2, 0.25) is 5.91 Å². The largest absolute Gasteiger partial charge is 0.350 e. The van der Waals surface area contributed by atoms with E-state index in [1.807, 2.05) is 49.9 Å². The minimum Gasteiger partial charge on any atom is -0.350 e. The highest BCUT2D eigenvalue weighted by Gasteiger charge is 2.11. The molecule has 4 rings (SSSR count). The summed E-state index contributed by atoms with van der Waals surface area (Å²) in [6, 6.07) is 14.1. The summed E-state index contributed by atoms with van der Waals surface area (Å²) < 4.78 is 4.23. The topological polar surface area (TPSA) is 55.1 Å². The maximum atomic E-state index is 12.6. The minimum absolute atomic E-state index is 0.0221. The highest BCUT2D eigenvalue weighted by molar-refractivity contribution is 5.97. The number of benzene rings is 2. The molecule has 1 N–H and O–H groups in total. The third kappa shape index (κ3) is 4.17. The molecule has 6 heteroatoms. The predicted octanol–water partition coefficient (Wildman–Crippen LogP) is 3.66. The van der Waals surface area contributed by atoms with E-state index >= 15 is 0 Å². The van der Waals surface area contributed by atoms with E-state index in [0.29, 0.717) is 6.42 Å². The number of aromatic nitrogens is 3. The summed E-state index contributed by atoms with van der Waals surface area (Å²) in [6.45, 7) is 1.98. The second-order valence-electron chi connectivity index (χ2n) is 7.81. The third-order valence-electron chi connectivity index (χ3n) is 5.24. The smallest absolute Gasteiger partial charge is 0.228 e. The summed E-state index contributed by atoms with van der Waals surface area (Å²) in [6.07, 6.45) is 5.32. The number of hydrogen-bond acceptors (Lipinski definition) is 3. The molecule has 1 amide bonds. The number of anilines is 1. The van der Waals surface area contributed by atoms with Gasteiger partial charge in [-0.15, -0.1) is 0 Å². The monoisotopic (exact) mass is 389 g/mol. The number of imidazole rings is 1. The lowest BCUT2D eigenvalue weighted by Crippen LogP contribution is -2.15. The molecule has 0 unspecified atom stereocenters. The van der Waals surface area contributed by atoms with Gasteiger partial charge in [-0.05, 0) is 56.9 Å². The van der Waals surface area contributed by atoms with Crippen molar-refractivity contribution in [3.8, 4) is 0 Å². The summed E-state index contributed by atoms with van der Waals surface area (Å²) >= 11 is 0. The molecular formula is C23H27N5O. The van der Waals surface area contributed by atoms with E-state index in [9.17, 15) is 4.79 Å². The molecule has 4 aromatic rings. The van der Waals surface area contributed by atoms with Crippen LogP contribution in [0.5, 0.6) is 0 Å². The number of carbonyl (C=O) groups is 1. The molecule has 0 atom stereocenters. The van der Waals surface area contributed by atoms with Crippen molar-refractivity contribution >= 4 is 33.5 Å². The van der Waals surface area contributed by atoms with E-state index in [1.54, 1.807) is 0 Å². The summed E-state index contributed by atoms with van der Waals surface area (Å²) in [5.41, 5.74) is 4.94. The fraction of sp³-hybridized carbons (Fsp3) is 0.304. The molecular weight excluding hydrogens is 362 g/mol. The molecule has 2 heterocycles. The van der Waals surface area contributed by atoms with Crippen molar-refractivity contribution in [1.82, 2.24) is 19.0 Å². The Morgan fingerprint density at radius 3 is 2.79 bits per heavy atom. The molecule has 0 aliphatic heterocycles. The molecule has 29 heavy (non-hydrogen) atoms. The summed E-state index contributed by atoms with van der Waals surface area (Å²) in [4.78, 5) is 19.3. The standard InChI is InChI=1S/C23H27N5O/c1-26(2)11-6-12-28-16-24-20-14-18(9-10-22(20)28)25-23(29)13-17-15-27(3)21-8-5-4-7-19(17)21/h4-5,7-10,14-16H,6,11-13H2,1-3H3,(H,25,29). The van der Waals surface area contributed by atoms with E-state index < -0.39 is 0 Å². The lowest BCUT2D eigenvalue weighted by atomic mass is 10.1. The number of para-hydroxylation sites is 1. The molecule has 0 saturated carbocycles. The number of nitrogens with one attached hydrogen (secondary N) is 1. The molecule has 150 valence electrons. The Balaban J connectivity index is 1.45. The van der Waals surface area contributed by atoms with Gasteiger partial charge in [-0.2, -0.15) is 0 Å². The quantitative estimate of drug-likeness (QED) is 0.525. The van der Waals surface area contributed by atoms with Crippen molar-refractivity contribution < 1.29 is 4.79 Å². The molecule has 0 saturated heterocycles. The summed E-state index contributed by atoms with van der Waals surface area (Å²) in [7, 11) is 6.17. The molecule has 0 aliphatic rings. The number of fused-ring (bicyclic) bond motifs is 2. The molecule has 0 spiro atoms. The van der Waals surface area contributed by atoms with Crippen LogP contribution < -0.4 is 5.32 Å². The highest BCUT2D eigenvalue weighted by Crippen LogP contribution is 2.22. The van der Waals surface area contributed by atoms with E-state index in [-0.39, 0.29) is 5.91 Å². The molecule has 0 fully saturated rings. The van der Waals surface area contributed by atoms with Gasteiger partial charge in [0.25, 0.3) is 0 Å². The van der Waals surface area contributed by atoms with E-state index in [2.05, 4.69) is 50.6 Å². The zero-order chi connectivity index (χ0) is 20.4. The zero-order valence-electron chi connectivity index (χ0n) is 17.2. The van der Waals surface area contributed by atoms with Crippen LogP contribution in [0.2, 0.25) is 0 Å². The lowest BCUT2D eigenvalue weighted by molar-refractivity contribution is -0.115. The number of nitrogens with zero attached hydrogens (tertiary/aromatic N) is 4. The van der Waals surface area contributed by atoms with Gasteiger partial charge >= 0.3 is 0 Å². The van der Waals surface area contributed by atoms with Gasteiger partial charge in [0, 0.05) is 36.4 Å². The van der Waals surface area contributed by atoms with Crippen LogP contribution in [0.1, 0.15) is 12.0 Å². The lowest BCUT2D eigenvalue weighted by Gasteiger charge is -2.10. The van der Waals surface area contributed by atoms with Crippen LogP contribution >= 0.6 is 0 Å². The summed E-state index contributed by atoms with van der Waals surface area (Å²) in [5.74, 6) is -0.0221. The second-order valence-corrected chi connectivity index (χ2v) is 7.81. The van der Waals surface area contributed by atoms with Crippen LogP contribution in [0.25, 0.3) is 21.9 Å². The van der Waals surface area contributed by atoms with Crippen molar-refractivity contribution in [2.45, 2.75) is 19.4 Å². The van der Waals surface area contributed by atoms with E-state index in [1.165, 1.54) is 0 Å². The molecule has 6 nitrogen and oxygen atoms in total. The fourth-order valence-corrected chi connectivity index (χ4v) is 3.82. The first kappa shape index (κ1) is 19.2. The minimum atomic E-state index is -0.0221. The highest BCUT2D eigenvalue weighted by atomic mass is 16.1. The van der Waals surface area contributed by atoms with Gasteiger partial charge in [-0.25, -0.2) is 4.98 Å². The average molecular weight is 390 g/mol. The molecule has 2 aromatic heterocycles. The van der Waals surface area contributed by atoms with Gasteiger partial charge in [0.05, 0.1) is 23.8 Å². The van der Waals surface area contributed by atoms with Gasteiger partial charge in [0.1, 0.15) is 0 Å². The molecule has 0 aliphatic carbocycles. The van der Waals surface area contributed by atoms with Crippen molar-refractivity contribution in [2.75, 3.05) is 26.0 Å². The van der Waals surface area contributed by atoms with E-state index in [4.69, 9.17) is 0 Å². The van der Waals surface area contributed by atoms with Crippen molar-refractivity contribution in [1.29, 1.82) is 0 Å². The van der Waals surface area contributed by atoms with Crippen LogP contribution in [0.15, 0.2) is 55.0 Å². The normalized spacial score (nSPS) is 11.6. The van der Waals surface area contributed by atoms with Gasteiger partial charge in [-0.1, -0.05) is 18.2 Å². The Bertz CT molecular complexity index is 1150. The number of hydrogen-bond donors (Lipinski definition) is 1. The molecule has 0 bridgehead atoms. The number of amides is 1. The van der Waals surface area contributed by atoms with E-state index in [0.717, 1.165) is 52.7 Å². The zero-order valence-corrected chi connectivity index (χ0v) is 17.2. The van der Waals surface area contributed by atoms with Crippen LogP contribution in [0, 0.1) is 0 Å². The average Bonchev–Trinajstić information content (AvgIpc) is 3.23. The Morgan fingerprint density at radius 2 is 1.97 bits per heavy atom. The maximum Gasteiger partial charge on any atom is 0.228 e. The first-order chi connectivity index (χ1) is 14.0. The van der Waals surface area contributed by atoms with Crippen LogP contribution in [0.4, 0.5) is 5.69 Å². The van der Waals surface area contributed by atoms with Crippen molar-refractivity contribution in [2.24, 2.45) is 7.05 Å². The maximum absolute atomic E-state index is 12.6. The van der Waals surface area contributed by atoms with Crippen molar-refractivity contribution in [3.05, 3.63) is 60.6 Å². The van der Waals surface area contributed by atoms with Gasteiger partial charge in [0.15, 0.2) is 0 Å². The Labute approximate surface area is 170 Å². The number of rotatable bonds is 7. The molecule has 0 radical (unpaired) electrons. The first-order valence-electron chi connectivity index (χ1n) is 9.93. The van der Waals surface area contributed by atoms with Gasteiger partial charge < -0.3 is 19.4 Å². The molecule has 2 aromatic carbocycles. The third-order valence-corrected chi connectivity index (χ3v) is 5.24. The summed E-state index contributed by atoms with van der Waals surface area (Å²) in [5, 5.41) is 4.14.